The summed E-state index contributed by atoms with van der Waals surface area (Å²) >= 11 is 2.04. The molecular weight excluding hydrogens is 426 g/mol. The van der Waals surface area contributed by atoms with Crippen molar-refractivity contribution in [1.29, 1.82) is 0 Å². The SMILES string of the molecule is CCC(CC)(CCOC(CC)(CC)CCC(C)(C)C)NC(=O)CCCCCSCC(C)(C)C. The van der Waals surface area contributed by atoms with Crippen LogP contribution in [0.2, 0.25) is 0 Å². The van der Waals surface area contributed by atoms with Gasteiger partial charge < -0.3 is 10.1 Å². The number of nitrogens with one attached hydrogen (secondary N) is 1. The molecule has 0 rings (SSSR count). The molecule has 0 aliphatic heterocycles. The first-order chi connectivity index (χ1) is 15.3. The van der Waals surface area contributed by atoms with Gasteiger partial charge in [0.05, 0.1) is 5.60 Å². The molecule has 33 heavy (non-hydrogen) atoms. The zero-order valence-electron chi connectivity index (χ0n) is 24.1. The van der Waals surface area contributed by atoms with E-state index in [1.165, 1.54) is 24.3 Å². The van der Waals surface area contributed by atoms with Crippen LogP contribution >= 0.6 is 11.8 Å². The molecule has 1 N–H and O–H groups in total. The summed E-state index contributed by atoms with van der Waals surface area (Å²) in [5.41, 5.74) is 0.555. The zero-order chi connectivity index (χ0) is 25.6. The second-order valence-electron chi connectivity index (χ2n) is 12.5. The van der Waals surface area contributed by atoms with Gasteiger partial charge in [-0.05, 0) is 80.1 Å². The molecular formula is C29H59NO2S. The average Bonchev–Trinajstić information content (AvgIpc) is 2.73. The van der Waals surface area contributed by atoms with Gasteiger partial charge in [0.25, 0.3) is 0 Å². The Morgan fingerprint density at radius 1 is 0.758 bits per heavy atom. The van der Waals surface area contributed by atoms with Crippen LogP contribution in [0.4, 0.5) is 0 Å². The van der Waals surface area contributed by atoms with E-state index in [9.17, 15) is 4.79 Å². The van der Waals surface area contributed by atoms with Gasteiger partial charge in [0.2, 0.25) is 5.91 Å². The molecule has 3 nitrogen and oxygen atoms in total. The van der Waals surface area contributed by atoms with Crippen LogP contribution < -0.4 is 5.32 Å². The Labute approximate surface area is 212 Å². The summed E-state index contributed by atoms with van der Waals surface area (Å²) in [4.78, 5) is 12.7. The molecule has 1 amide bonds. The molecule has 0 spiro atoms. The second-order valence-corrected chi connectivity index (χ2v) is 13.6. The molecule has 0 aliphatic rings. The van der Waals surface area contributed by atoms with E-state index in [2.05, 4.69) is 74.6 Å². The summed E-state index contributed by atoms with van der Waals surface area (Å²) < 4.78 is 6.57. The lowest BCUT2D eigenvalue weighted by molar-refractivity contribution is -0.124. The van der Waals surface area contributed by atoms with Gasteiger partial charge in [-0.25, -0.2) is 0 Å². The van der Waals surface area contributed by atoms with Gasteiger partial charge in [0, 0.05) is 18.6 Å². The maximum absolute atomic E-state index is 12.7. The van der Waals surface area contributed by atoms with Gasteiger partial charge >= 0.3 is 0 Å². The molecule has 0 atom stereocenters. The van der Waals surface area contributed by atoms with Crippen LogP contribution in [0.15, 0.2) is 0 Å². The minimum absolute atomic E-state index is 0.0322. The van der Waals surface area contributed by atoms with Crippen molar-refractivity contribution in [2.75, 3.05) is 18.1 Å². The van der Waals surface area contributed by atoms with Crippen molar-refractivity contribution >= 4 is 17.7 Å². The van der Waals surface area contributed by atoms with Crippen molar-refractivity contribution in [3.05, 3.63) is 0 Å². The number of hydrogen-bond donors (Lipinski definition) is 1. The normalized spacial score (nSPS) is 13.4. The zero-order valence-corrected chi connectivity index (χ0v) is 24.9. The molecule has 0 aromatic heterocycles. The molecule has 0 aromatic rings. The van der Waals surface area contributed by atoms with Crippen LogP contribution in [-0.4, -0.2) is 35.2 Å². The number of carbonyl (C=O) groups excluding carboxylic acids is 1. The molecule has 0 heterocycles. The van der Waals surface area contributed by atoms with E-state index in [0.29, 0.717) is 17.3 Å². The molecule has 0 unspecified atom stereocenters. The Kier molecular flexibility index (Phi) is 15.6. The topological polar surface area (TPSA) is 38.3 Å². The molecule has 4 heteroatoms. The van der Waals surface area contributed by atoms with Gasteiger partial charge in [0.15, 0.2) is 0 Å². The number of thioether (sulfide) groups is 1. The highest BCUT2D eigenvalue weighted by Crippen LogP contribution is 2.33. The quantitative estimate of drug-likeness (QED) is 0.197. The van der Waals surface area contributed by atoms with Crippen molar-refractivity contribution in [2.45, 2.75) is 151 Å². The number of carbonyl (C=O) groups is 1. The van der Waals surface area contributed by atoms with E-state index in [4.69, 9.17) is 4.74 Å². The predicted octanol–water partition coefficient (Wildman–Crippen LogP) is 8.79. The van der Waals surface area contributed by atoms with Crippen molar-refractivity contribution in [1.82, 2.24) is 5.32 Å². The number of ether oxygens (including phenoxy) is 1. The summed E-state index contributed by atoms with van der Waals surface area (Å²) in [5, 5.41) is 3.41. The Bertz CT molecular complexity index is 511. The van der Waals surface area contributed by atoms with Crippen LogP contribution in [0.3, 0.4) is 0 Å². The van der Waals surface area contributed by atoms with Crippen LogP contribution in [0, 0.1) is 10.8 Å². The Morgan fingerprint density at radius 2 is 1.36 bits per heavy atom. The summed E-state index contributed by atoms with van der Waals surface area (Å²) in [7, 11) is 0. The molecule has 0 saturated carbocycles. The summed E-state index contributed by atoms with van der Waals surface area (Å²) in [6.07, 6.45) is 11.2. The molecule has 0 bridgehead atoms. The molecule has 0 fully saturated rings. The van der Waals surface area contributed by atoms with Gasteiger partial charge in [-0.2, -0.15) is 11.8 Å². The van der Waals surface area contributed by atoms with Gasteiger partial charge in [-0.1, -0.05) is 75.7 Å². The lowest BCUT2D eigenvalue weighted by Crippen LogP contribution is -2.49. The van der Waals surface area contributed by atoms with Crippen molar-refractivity contribution in [2.24, 2.45) is 10.8 Å². The number of unbranched alkanes of at least 4 members (excludes halogenated alkanes) is 2. The lowest BCUT2D eigenvalue weighted by Gasteiger charge is -2.38. The number of hydrogen-bond acceptors (Lipinski definition) is 3. The number of rotatable bonds is 18. The largest absolute Gasteiger partial charge is 0.375 e. The van der Waals surface area contributed by atoms with E-state index in [0.717, 1.165) is 58.0 Å². The highest BCUT2D eigenvalue weighted by molar-refractivity contribution is 7.99. The minimum atomic E-state index is -0.142. The first-order valence-corrected chi connectivity index (χ1v) is 14.9. The van der Waals surface area contributed by atoms with Crippen LogP contribution in [0.5, 0.6) is 0 Å². The fraction of sp³-hybridized carbons (Fsp3) is 0.966. The third-order valence-corrected chi connectivity index (χ3v) is 8.74. The smallest absolute Gasteiger partial charge is 0.220 e. The van der Waals surface area contributed by atoms with Gasteiger partial charge in [-0.15, -0.1) is 0 Å². The van der Waals surface area contributed by atoms with Crippen molar-refractivity contribution < 1.29 is 9.53 Å². The first kappa shape index (κ1) is 32.8. The monoisotopic (exact) mass is 485 g/mol. The van der Waals surface area contributed by atoms with Crippen LogP contribution in [0.25, 0.3) is 0 Å². The fourth-order valence-corrected chi connectivity index (χ4v) is 5.36. The van der Waals surface area contributed by atoms with Gasteiger partial charge in [0.1, 0.15) is 0 Å². The Morgan fingerprint density at radius 3 is 1.85 bits per heavy atom. The van der Waals surface area contributed by atoms with E-state index in [1.54, 1.807) is 0 Å². The van der Waals surface area contributed by atoms with Gasteiger partial charge in [-0.3, -0.25) is 4.79 Å². The third-order valence-electron chi connectivity index (χ3n) is 7.09. The van der Waals surface area contributed by atoms with E-state index >= 15 is 0 Å². The predicted molar refractivity (Wildman–Crippen MR) is 149 cm³/mol. The fourth-order valence-electron chi connectivity index (χ4n) is 4.19. The van der Waals surface area contributed by atoms with Crippen molar-refractivity contribution in [3.63, 3.8) is 0 Å². The van der Waals surface area contributed by atoms with E-state index in [-0.39, 0.29) is 17.0 Å². The molecule has 0 radical (unpaired) electrons. The summed E-state index contributed by atoms with van der Waals surface area (Å²) in [6, 6.07) is 0. The molecule has 0 aromatic carbocycles. The van der Waals surface area contributed by atoms with Crippen LogP contribution in [0.1, 0.15) is 140 Å². The summed E-state index contributed by atoms with van der Waals surface area (Å²) in [6.45, 7) is 23.4. The Hall–Kier alpha value is -0.220. The second kappa shape index (κ2) is 15.7. The average molecular weight is 486 g/mol. The lowest BCUT2D eigenvalue weighted by atomic mass is 9.82. The first-order valence-electron chi connectivity index (χ1n) is 13.8. The van der Waals surface area contributed by atoms with Crippen LogP contribution in [-0.2, 0) is 9.53 Å². The highest BCUT2D eigenvalue weighted by atomic mass is 32.2. The standard InChI is InChI=1S/C29H59NO2S/c1-11-28(12-2,21-22-32-29(13-3,14-4)20-19-26(5,6)7)30-25(31)18-16-15-17-23-33-24-27(8,9)10/h11-24H2,1-10H3,(H,30,31). The molecule has 0 aliphatic carbocycles. The Balaban J connectivity index is 4.54. The maximum atomic E-state index is 12.7. The maximum Gasteiger partial charge on any atom is 0.220 e. The minimum Gasteiger partial charge on any atom is -0.375 e. The molecule has 0 saturated heterocycles. The third kappa shape index (κ3) is 15.4. The van der Waals surface area contributed by atoms with E-state index < -0.39 is 0 Å². The van der Waals surface area contributed by atoms with E-state index in [1.807, 2.05) is 11.8 Å². The molecule has 198 valence electrons. The summed E-state index contributed by atoms with van der Waals surface area (Å²) in [5.74, 6) is 2.63. The number of amides is 1. The van der Waals surface area contributed by atoms with Crippen molar-refractivity contribution in [3.8, 4) is 0 Å². The highest BCUT2D eigenvalue weighted by Gasteiger charge is 2.32.